The van der Waals surface area contributed by atoms with E-state index in [1.165, 1.54) is 12.1 Å². The molecule has 0 aliphatic carbocycles. The maximum Gasteiger partial charge on any atom is 0.335 e. The molecule has 1 aliphatic rings. The first-order valence-electron chi connectivity index (χ1n) is 8.42. The summed E-state index contributed by atoms with van der Waals surface area (Å²) in [7, 11) is 0. The lowest BCUT2D eigenvalue weighted by Crippen LogP contribution is -2.51. The number of nitrogens with zero attached hydrogens (tertiary/aromatic N) is 1. The van der Waals surface area contributed by atoms with Crippen molar-refractivity contribution in [3.63, 3.8) is 0 Å². The Hall–Kier alpha value is -2.37. The molecule has 0 spiro atoms. The molecule has 6 heteroatoms. The number of carboxylic acids is 1. The lowest BCUT2D eigenvalue weighted by molar-refractivity contribution is -0.142. The highest BCUT2D eigenvalue weighted by Gasteiger charge is 2.31. The molecule has 1 aromatic rings. The molecule has 2 N–H and O–H groups in total. The molecule has 1 aliphatic heterocycles. The van der Waals surface area contributed by atoms with E-state index >= 15 is 0 Å². The number of aromatic carboxylic acids is 1. The molecule has 1 unspecified atom stereocenters. The minimum absolute atomic E-state index is 0.0446. The third-order valence-corrected chi connectivity index (χ3v) is 4.26. The predicted molar refractivity (Wildman–Crippen MR) is 89.5 cm³/mol. The molecule has 2 amide bonds. The Balaban J connectivity index is 1.94. The number of benzene rings is 1. The van der Waals surface area contributed by atoms with Gasteiger partial charge in [0.25, 0.3) is 0 Å². The molecule has 0 radical (unpaired) electrons. The highest BCUT2D eigenvalue weighted by molar-refractivity contribution is 5.88. The third-order valence-electron chi connectivity index (χ3n) is 4.26. The fourth-order valence-corrected chi connectivity index (χ4v) is 2.93. The number of piperidine rings is 1. The highest BCUT2D eigenvalue weighted by Crippen LogP contribution is 2.19. The van der Waals surface area contributed by atoms with Crippen molar-refractivity contribution in [2.24, 2.45) is 0 Å². The van der Waals surface area contributed by atoms with E-state index in [-0.39, 0.29) is 17.4 Å². The topological polar surface area (TPSA) is 86.7 Å². The fraction of sp³-hybridized carbons (Fsp3) is 0.500. The van der Waals surface area contributed by atoms with Crippen molar-refractivity contribution < 1.29 is 19.5 Å². The smallest absolute Gasteiger partial charge is 0.335 e. The van der Waals surface area contributed by atoms with E-state index in [2.05, 4.69) is 5.32 Å². The number of hydrogen-bond donors (Lipinski definition) is 2. The van der Waals surface area contributed by atoms with Gasteiger partial charge in [-0.2, -0.15) is 0 Å². The average molecular weight is 332 g/mol. The van der Waals surface area contributed by atoms with Gasteiger partial charge in [0, 0.05) is 19.5 Å². The Labute approximate surface area is 141 Å². The first-order chi connectivity index (χ1) is 11.5. The van der Waals surface area contributed by atoms with Gasteiger partial charge in [0.05, 0.1) is 5.56 Å². The van der Waals surface area contributed by atoms with Crippen LogP contribution in [-0.4, -0.2) is 40.4 Å². The average Bonchev–Trinajstić information content (AvgIpc) is 2.60. The molecule has 1 heterocycles. The predicted octanol–water partition coefficient (Wildman–Crippen LogP) is 2.18. The number of rotatable bonds is 6. The van der Waals surface area contributed by atoms with Gasteiger partial charge in [-0.15, -0.1) is 0 Å². The molecule has 6 nitrogen and oxygen atoms in total. The van der Waals surface area contributed by atoms with Crippen molar-refractivity contribution in [2.45, 2.75) is 51.6 Å². The van der Waals surface area contributed by atoms with E-state index in [1.807, 2.05) is 6.92 Å². The quantitative estimate of drug-likeness (QED) is 0.836. The van der Waals surface area contributed by atoms with Gasteiger partial charge >= 0.3 is 5.97 Å². The molecule has 1 atom stereocenters. The summed E-state index contributed by atoms with van der Waals surface area (Å²) < 4.78 is 0. The van der Waals surface area contributed by atoms with Crippen molar-refractivity contribution >= 4 is 17.8 Å². The number of likely N-dealkylation sites (tertiary alicyclic amines) is 1. The van der Waals surface area contributed by atoms with Crippen LogP contribution in [0.5, 0.6) is 0 Å². The first kappa shape index (κ1) is 18.0. The minimum atomic E-state index is -0.974. The van der Waals surface area contributed by atoms with E-state index in [0.29, 0.717) is 25.9 Å². The third kappa shape index (κ3) is 4.57. The largest absolute Gasteiger partial charge is 0.478 e. The van der Waals surface area contributed by atoms with E-state index in [9.17, 15) is 14.4 Å². The molecule has 130 valence electrons. The van der Waals surface area contributed by atoms with Crippen LogP contribution in [0.2, 0.25) is 0 Å². The zero-order valence-corrected chi connectivity index (χ0v) is 14.0. The van der Waals surface area contributed by atoms with Crippen LogP contribution in [0.15, 0.2) is 24.3 Å². The lowest BCUT2D eigenvalue weighted by atomic mass is 10.0. The molecule has 1 aromatic carbocycles. The number of carbonyl (C=O) groups is 3. The molecule has 2 rings (SSSR count). The van der Waals surface area contributed by atoms with Crippen LogP contribution in [0.25, 0.3) is 0 Å². The Bertz CT molecular complexity index is 598. The molecule has 24 heavy (non-hydrogen) atoms. The van der Waals surface area contributed by atoms with Gasteiger partial charge < -0.3 is 15.3 Å². The van der Waals surface area contributed by atoms with Gasteiger partial charge in [0.1, 0.15) is 6.04 Å². The first-order valence-corrected chi connectivity index (χ1v) is 8.42. The SMILES string of the molecule is CCCC(=O)N1CCCCC1C(=O)NCc1ccc(C(=O)O)cc1. The highest BCUT2D eigenvalue weighted by atomic mass is 16.4. The van der Waals surface area contributed by atoms with Gasteiger partial charge in [0.2, 0.25) is 11.8 Å². The Morgan fingerprint density at radius 3 is 2.54 bits per heavy atom. The Morgan fingerprint density at radius 1 is 1.21 bits per heavy atom. The summed E-state index contributed by atoms with van der Waals surface area (Å²) in [6, 6.07) is 6.01. The van der Waals surface area contributed by atoms with Crippen LogP contribution in [0.3, 0.4) is 0 Å². The second-order valence-corrected chi connectivity index (χ2v) is 6.07. The maximum atomic E-state index is 12.5. The van der Waals surface area contributed by atoms with E-state index in [0.717, 1.165) is 24.8 Å². The fourth-order valence-electron chi connectivity index (χ4n) is 2.93. The van der Waals surface area contributed by atoms with Crippen LogP contribution in [0.4, 0.5) is 0 Å². The molecular formula is C18H24N2O4. The molecule has 1 fully saturated rings. The molecule has 0 aromatic heterocycles. The molecule has 0 saturated carbocycles. The number of nitrogens with one attached hydrogen (secondary N) is 1. The van der Waals surface area contributed by atoms with E-state index in [1.54, 1.807) is 17.0 Å². The van der Waals surface area contributed by atoms with E-state index in [4.69, 9.17) is 5.11 Å². The lowest BCUT2D eigenvalue weighted by Gasteiger charge is -2.34. The molecule has 0 bridgehead atoms. The van der Waals surface area contributed by atoms with Crippen molar-refractivity contribution in [1.29, 1.82) is 0 Å². The maximum absolute atomic E-state index is 12.5. The monoisotopic (exact) mass is 332 g/mol. The normalized spacial score (nSPS) is 17.4. The zero-order valence-electron chi connectivity index (χ0n) is 14.0. The number of carbonyl (C=O) groups excluding carboxylic acids is 2. The summed E-state index contributed by atoms with van der Waals surface area (Å²) in [6.07, 6.45) is 3.83. The molecule has 1 saturated heterocycles. The van der Waals surface area contributed by atoms with Gasteiger partial charge in [-0.25, -0.2) is 4.79 Å². The van der Waals surface area contributed by atoms with E-state index < -0.39 is 12.0 Å². The van der Waals surface area contributed by atoms with Crippen molar-refractivity contribution in [3.05, 3.63) is 35.4 Å². The van der Waals surface area contributed by atoms with Gasteiger partial charge in [-0.1, -0.05) is 19.1 Å². The summed E-state index contributed by atoms with van der Waals surface area (Å²) >= 11 is 0. The number of amides is 2. The number of hydrogen-bond acceptors (Lipinski definition) is 3. The summed E-state index contributed by atoms with van der Waals surface area (Å²) in [5.74, 6) is -1.07. The number of carboxylic acid groups (broad SMARTS) is 1. The second kappa shape index (κ2) is 8.47. The van der Waals surface area contributed by atoms with Crippen molar-refractivity contribution in [1.82, 2.24) is 10.2 Å². The standard InChI is InChI=1S/C18H24N2O4/c1-2-5-16(21)20-11-4-3-6-15(20)17(22)19-12-13-7-9-14(10-8-13)18(23)24/h7-10,15H,2-6,11-12H2,1H3,(H,19,22)(H,23,24). The van der Waals surface area contributed by atoms with Gasteiger partial charge in [-0.05, 0) is 43.4 Å². The van der Waals surface area contributed by atoms with Crippen LogP contribution >= 0.6 is 0 Å². The second-order valence-electron chi connectivity index (χ2n) is 6.07. The summed E-state index contributed by atoms with van der Waals surface area (Å²) in [6.45, 7) is 2.92. The molecular weight excluding hydrogens is 308 g/mol. The van der Waals surface area contributed by atoms with Gasteiger partial charge in [0.15, 0.2) is 0 Å². The van der Waals surface area contributed by atoms with Crippen molar-refractivity contribution in [3.8, 4) is 0 Å². The van der Waals surface area contributed by atoms with Gasteiger partial charge in [-0.3, -0.25) is 9.59 Å². The Morgan fingerprint density at radius 2 is 1.92 bits per heavy atom. The van der Waals surface area contributed by atoms with Crippen LogP contribution in [0, 0.1) is 0 Å². The van der Waals surface area contributed by atoms with Crippen LogP contribution in [0.1, 0.15) is 54.9 Å². The van der Waals surface area contributed by atoms with Crippen LogP contribution < -0.4 is 5.32 Å². The summed E-state index contributed by atoms with van der Waals surface area (Å²) in [4.78, 5) is 37.2. The Kier molecular flexibility index (Phi) is 6.35. The zero-order chi connectivity index (χ0) is 17.5. The minimum Gasteiger partial charge on any atom is -0.478 e. The summed E-state index contributed by atoms with van der Waals surface area (Å²) in [5.41, 5.74) is 1.05. The summed E-state index contributed by atoms with van der Waals surface area (Å²) in [5, 5.41) is 11.7. The van der Waals surface area contributed by atoms with Crippen LogP contribution in [-0.2, 0) is 16.1 Å². The van der Waals surface area contributed by atoms with Crippen molar-refractivity contribution in [2.75, 3.05) is 6.54 Å².